The molecule has 1 fully saturated rings. The highest BCUT2D eigenvalue weighted by atomic mass is 16.5. The van der Waals surface area contributed by atoms with Crippen molar-refractivity contribution in [3.63, 3.8) is 0 Å². The first-order chi connectivity index (χ1) is 10.6. The zero-order chi connectivity index (χ0) is 15.3. The summed E-state index contributed by atoms with van der Waals surface area (Å²) in [5, 5.41) is 4.43. The average molecular weight is 301 g/mol. The fourth-order valence-corrected chi connectivity index (χ4v) is 3.83. The molecule has 0 N–H and O–H groups in total. The molecule has 22 heavy (non-hydrogen) atoms. The van der Waals surface area contributed by atoms with Gasteiger partial charge in [-0.3, -0.25) is 0 Å². The average Bonchev–Trinajstić information content (AvgIpc) is 2.91. The first-order valence-electron chi connectivity index (χ1n) is 8.23. The highest BCUT2D eigenvalue weighted by Gasteiger charge is 2.30. The Morgan fingerprint density at radius 2 is 1.95 bits per heavy atom. The fourth-order valence-electron chi connectivity index (χ4n) is 3.83. The van der Waals surface area contributed by atoms with Gasteiger partial charge in [0, 0.05) is 18.7 Å². The van der Waals surface area contributed by atoms with Crippen molar-refractivity contribution >= 4 is 11.6 Å². The summed E-state index contributed by atoms with van der Waals surface area (Å²) in [6.45, 7) is 8.36. The molecule has 0 amide bonds. The first-order valence-corrected chi connectivity index (χ1v) is 8.23. The maximum atomic E-state index is 5.89. The van der Waals surface area contributed by atoms with E-state index in [1.165, 1.54) is 23.5 Å². The summed E-state index contributed by atoms with van der Waals surface area (Å²) in [5.41, 5.74) is 2.57. The van der Waals surface area contributed by atoms with Crippen molar-refractivity contribution in [3.05, 3.63) is 17.6 Å². The molecule has 0 aromatic carbocycles. The van der Waals surface area contributed by atoms with Crippen molar-refractivity contribution in [2.45, 2.75) is 52.2 Å². The van der Waals surface area contributed by atoms with Crippen molar-refractivity contribution in [2.24, 2.45) is 5.92 Å². The third-order valence-corrected chi connectivity index (χ3v) is 4.73. The van der Waals surface area contributed by atoms with Crippen LogP contribution < -0.4 is 4.90 Å². The van der Waals surface area contributed by atoms with Crippen molar-refractivity contribution in [1.82, 2.24) is 19.6 Å². The summed E-state index contributed by atoms with van der Waals surface area (Å²) in [6.07, 6.45) is 5.41. The molecule has 4 rings (SSSR count). The minimum atomic E-state index is 0.230. The molecular weight excluding hydrogens is 278 g/mol. The smallest absolute Gasteiger partial charge is 0.254 e. The van der Waals surface area contributed by atoms with Gasteiger partial charge < -0.3 is 9.64 Å². The predicted molar refractivity (Wildman–Crippen MR) is 84.2 cm³/mol. The summed E-state index contributed by atoms with van der Waals surface area (Å²) in [5.74, 6) is 2.60. The minimum absolute atomic E-state index is 0.230. The number of aromatic nitrogens is 4. The Kier molecular flexibility index (Phi) is 3.29. The molecule has 6 heteroatoms. The molecule has 2 aliphatic rings. The lowest BCUT2D eigenvalue weighted by molar-refractivity contribution is -0.00564. The van der Waals surface area contributed by atoms with Gasteiger partial charge in [0.15, 0.2) is 0 Å². The van der Waals surface area contributed by atoms with Crippen molar-refractivity contribution in [1.29, 1.82) is 0 Å². The van der Waals surface area contributed by atoms with Crippen molar-refractivity contribution in [3.8, 4) is 0 Å². The molecule has 1 aliphatic carbocycles. The topological polar surface area (TPSA) is 55.5 Å². The Bertz CT molecular complexity index is 687. The molecule has 2 aromatic heterocycles. The van der Waals surface area contributed by atoms with Gasteiger partial charge in [-0.1, -0.05) is 6.92 Å². The van der Waals surface area contributed by atoms with Gasteiger partial charge in [0.25, 0.3) is 5.78 Å². The molecular formula is C16H23N5O. The van der Waals surface area contributed by atoms with E-state index in [9.17, 15) is 0 Å². The van der Waals surface area contributed by atoms with Gasteiger partial charge in [0.2, 0.25) is 0 Å². The second-order valence-corrected chi connectivity index (χ2v) is 6.84. The first kappa shape index (κ1) is 13.9. The number of hydrogen-bond acceptors (Lipinski definition) is 5. The molecule has 1 aliphatic heterocycles. The summed E-state index contributed by atoms with van der Waals surface area (Å²) in [4.78, 5) is 11.5. The van der Waals surface area contributed by atoms with E-state index in [4.69, 9.17) is 9.72 Å². The number of morpholine rings is 1. The van der Waals surface area contributed by atoms with Gasteiger partial charge in [-0.25, -0.2) is 4.98 Å². The molecule has 3 unspecified atom stereocenters. The summed E-state index contributed by atoms with van der Waals surface area (Å²) in [7, 11) is 0. The Labute approximate surface area is 130 Å². The lowest BCUT2D eigenvalue weighted by Crippen LogP contribution is -2.47. The predicted octanol–water partition coefficient (Wildman–Crippen LogP) is 1.86. The molecule has 0 saturated carbocycles. The Morgan fingerprint density at radius 3 is 2.73 bits per heavy atom. The molecule has 0 radical (unpaired) electrons. The monoisotopic (exact) mass is 301 g/mol. The quantitative estimate of drug-likeness (QED) is 0.805. The van der Waals surface area contributed by atoms with E-state index in [0.717, 1.165) is 31.7 Å². The highest BCUT2D eigenvalue weighted by Crippen LogP contribution is 2.33. The van der Waals surface area contributed by atoms with Gasteiger partial charge >= 0.3 is 0 Å². The van der Waals surface area contributed by atoms with Crippen LogP contribution in [0.4, 0.5) is 5.82 Å². The number of anilines is 1. The summed E-state index contributed by atoms with van der Waals surface area (Å²) < 4.78 is 7.81. The zero-order valence-electron chi connectivity index (χ0n) is 13.5. The summed E-state index contributed by atoms with van der Waals surface area (Å²) in [6, 6.07) is 0. The van der Waals surface area contributed by atoms with Gasteiger partial charge in [0.05, 0.1) is 17.9 Å². The van der Waals surface area contributed by atoms with E-state index >= 15 is 0 Å². The van der Waals surface area contributed by atoms with Crippen LogP contribution in [-0.4, -0.2) is 44.9 Å². The van der Waals surface area contributed by atoms with Gasteiger partial charge in [-0.2, -0.15) is 14.6 Å². The van der Waals surface area contributed by atoms with E-state index in [2.05, 4.69) is 35.8 Å². The molecule has 3 heterocycles. The summed E-state index contributed by atoms with van der Waals surface area (Å²) >= 11 is 0. The van der Waals surface area contributed by atoms with E-state index < -0.39 is 0 Å². The second-order valence-electron chi connectivity index (χ2n) is 6.84. The third-order valence-electron chi connectivity index (χ3n) is 4.73. The normalized spacial score (nSPS) is 28.9. The van der Waals surface area contributed by atoms with Crippen LogP contribution in [0.1, 0.15) is 38.4 Å². The standard InChI is InChI=1S/C16H23N5O/c1-10-4-5-13-14(6-10)19-16-17-9-18-21(16)15(13)20-7-11(2)22-12(3)8-20/h9-12H,4-8H2,1-3H3. The number of fused-ring (bicyclic) bond motifs is 2. The molecule has 0 bridgehead atoms. The lowest BCUT2D eigenvalue weighted by Gasteiger charge is -2.38. The molecule has 1 saturated heterocycles. The van der Waals surface area contributed by atoms with Crippen LogP contribution in [0.25, 0.3) is 5.78 Å². The van der Waals surface area contributed by atoms with Crippen LogP contribution in [0.3, 0.4) is 0 Å². The van der Waals surface area contributed by atoms with Crippen LogP contribution in [0.2, 0.25) is 0 Å². The third kappa shape index (κ3) is 2.26. The Morgan fingerprint density at radius 1 is 1.18 bits per heavy atom. The van der Waals surface area contributed by atoms with E-state index in [-0.39, 0.29) is 12.2 Å². The molecule has 0 spiro atoms. The molecule has 2 aromatic rings. The van der Waals surface area contributed by atoms with Crippen LogP contribution in [-0.2, 0) is 17.6 Å². The van der Waals surface area contributed by atoms with Crippen LogP contribution in [0.5, 0.6) is 0 Å². The van der Waals surface area contributed by atoms with Crippen LogP contribution in [0.15, 0.2) is 6.33 Å². The number of nitrogens with zero attached hydrogens (tertiary/aromatic N) is 5. The fraction of sp³-hybridized carbons (Fsp3) is 0.688. The molecule has 118 valence electrons. The maximum Gasteiger partial charge on any atom is 0.254 e. The van der Waals surface area contributed by atoms with Crippen LogP contribution >= 0.6 is 0 Å². The van der Waals surface area contributed by atoms with Crippen molar-refractivity contribution in [2.75, 3.05) is 18.0 Å². The SMILES string of the molecule is CC1CCc2c(nc3ncnn3c2N2CC(C)OC(C)C2)C1. The lowest BCUT2D eigenvalue weighted by atomic mass is 9.88. The zero-order valence-corrected chi connectivity index (χ0v) is 13.5. The van der Waals surface area contributed by atoms with E-state index in [1.54, 1.807) is 6.33 Å². The van der Waals surface area contributed by atoms with Crippen molar-refractivity contribution < 1.29 is 4.74 Å². The molecule has 6 nitrogen and oxygen atoms in total. The van der Waals surface area contributed by atoms with Gasteiger partial charge in [-0.05, 0) is 39.0 Å². The number of hydrogen-bond donors (Lipinski definition) is 0. The van der Waals surface area contributed by atoms with Gasteiger partial charge in [-0.15, -0.1) is 0 Å². The second kappa shape index (κ2) is 5.19. The van der Waals surface area contributed by atoms with Crippen LogP contribution in [0, 0.1) is 5.92 Å². The van der Waals surface area contributed by atoms with E-state index in [1.807, 2.05) is 4.52 Å². The Hall–Kier alpha value is -1.69. The largest absolute Gasteiger partial charge is 0.372 e. The maximum absolute atomic E-state index is 5.89. The Balaban J connectivity index is 1.86. The number of rotatable bonds is 1. The number of ether oxygens (including phenoxy) is 1. The highest BCUT2D eigenvalue weighted by molar-refractivity contribution is 5.56. The minimum Gasteiger partial charge on any atom is -0.372 e. The van der Waals surface area contributed by atoms with E-state index in [0.29, 0.717) is 5.92 Å². The molecule has 3 atom stereocenters. The van der Waals surface area contributed by atoms with Gasteiger partial charge in [0.1, 0.15) is 12.1 Å².